The second-order valence-corrected chi connectivity index (χ2v) is 6.56. The molecule has 0 aliphatic carbocycles. The second kappa shape index (κ2) is 5.28. The van der Waals surface area contributed by atoms with Gasteiger partial charge in [0, 0.05) is 22.6 Å². The predicted octanol–water partition coefficient (Wildman–Crippen LogP) is 4.08. The van der Waals surface area contributed by atoms with E-state index in [2.05, 4.69) is 37.7 Å². The van der Waals surface area contributed by atoms with Crippen LogP contribution in [0.5, 0.6) is 0 Å². The maximum Gasteiger partial charge on any atom is 0.231 e. The fourth-order valence-corrected chi connectivity index (χ4v) is 3.08. The summed E-state index contributed by atoms with van der Waals surface area (Å²) in [7, 11) is 0. The van der Waals surface area contributed by atoms with Crippen LogP contribution in [0.15, 0.2) is 10.8 Å². The lowest BCUT2D eigenvalue weighted by Gasteiger charge is -1.97. The normalized spacial score (nSPS) is 11.4. The van der Waals surface area contributed by atoms with Gasteiger partial charge in [0.1, 0.15) is 11.4 Å². The molecule has 0 aliphatic heterocycles. The molecular formula is C13H16N2OS2. The van der Waals surface area contributed by atoms with Crippen LogP contribution in [0.4, 0.5) is 0 Å². The Bertz CT molecular complexity index is 507. The number of hydrogen-bond donors (Lipinski definition) is 0. The molecule has 0 unspecified atom stereocenters. The van der Waals surface area contributed by atoms with E-state index in [0.717, 1.165) is 10.0 Å². The molecule has 0 radical (unpaired) electrons. The number of thiazole rings is 2. The Hall–Kier alpha value is -1.07. The van der Waals surface area contributed by atoms with Gasteiger partial charge in [0.25, 0.3) is 0 Å². The molecule has 0 spiro atoms. The van der Waals surface area contributed by atoms with Crippen LogP contribution < -0.4 is 0 Å². The van der Waals surface area contributed by atoms with Crippen LogP contribution in [-0.2, 0) is 0 Å². The molecule has 18 heavy (non-hydrogen) atoms. The first-order valence-electron chi connectivity index (χ1n) is 5.94. The standard InChI is InChI=1S/C13H16N2OS2/c1-7(2)12-14-9(5-17-12)11(16)10-6-18-13(15-10)8(3)4/h5-8H,1-4H3. The SMILES string of the molecule is CC(C)c1nc(C(=O)c2csc(C(C)C)n2)cs1. The van der Waals surface area contributed by atoms with Crippen LogP contribution in [0.2, 0.25) is 0 Å². The Morgan fingerprint density at radius 2 is 1.33 bits per heavy atom. The molecule has 2 heterocycles. The van der Waals surface area contributed by atoms with Crippen molar-refractivity contribution in [3.05, 3.63) is 32.2 Å². The van der Waals surface area contributed by atoms with Crippen LogP contribution in [0.25, 0.3) is 0 Å². The third kappa shape index (κ3) is 2.67. The number of carbonyl (C=O) groups excluding carboxylic acids is 1. The van der Waals surface area contributed by atoms with Crippen molar-refractivity contribution in [3.63, 3.8) is 0 Å². The summed E-state index contributed by atoms with van der Waals surface area (Å²) in [5.41, 5.74) is 1.04. The lowest BCUT2D eigenvalue weighted by molar-refractivity contribution is 0.103. The van der Waals surface area contributed by atoms with Crippen molar-refractivity contribution in [2.24, 2.45) is 0 Å². The molecule has 0 saturated heterocycles. The lowest BCUT2D eigenvalue weighted by Crippen LogP contribution is -2.03. The maximum absolute atomic E-state index is 12.2. The Kier molecular flexibility index (Phi) is 3.92. The molecule has 0 aliphatic rings. The van der Waals surface area contributed by atoms with E-state index in [4.69, 9.17) is 0 Å². The highest BCUT2D eigenvalue weighted by Gasteiger charge is 2.18. The Morgan fingerprint density at radius 1 is 0.944 bits per heavy atom. The predicted molar refractivity (Wildman–Crippen MR) is 75.8 cm³/mol. The van der Waals surface area contributed by atoms with Gasteiger partial charge in [-0.2, -0.15) is 0 Å². The van der Waals surface area contributed by atoms with Crippen molar-refractivity contribution in [1.29, 1.82) is 0 Å². The molecule has 0 saturated carbocycles. The third-order valence-corrected chi connectivity index (χ3v) is 4.79. The highest BCUT2D eigenvalue weighted by atomic mass is 32.1. The van der Waals surface area contributed by atoms with E-state index in [1.165, 1.54) is 22.7 Å². The van der Waals surface area contributed by atoms with Crippen LogP contribution in [0.1, 0.15) is 65.7 Å². The summed E-state index contributed by atoms with van der Waals surface area (Å²) in [5.74, 6) is 0.651. The summed E-state index contributed by atoms with van der Waals surface area (Å²) >= 11 is 3.07. The second-order valence-electron chi connectivity index (χ2n) is 4.78. The first kappa shape index (κ1) is 13.4. The molecule has 2 aromatic heterocycles. The first-order valence-corrected chi connectivity index (χ1v) is 7.70. The van der Waals surface area contributed by atoms with E-state index >= 15 is 0 Å². The summed E-state index contributed by atoms with van der Waals surface area (Å²) in [4.78, 5) is 21.0. The van der Waals surface area contributed by atoms with E-state index in [1.807, 2.05) is 10.8 Å². The molecule has 0 fully saturated rings. The molecule has 0 aromatic carbocycles. The van der Waals surface area contributed by atoms with E-state index in [-0.39, 0.29) is 5.78 Å². The van der Waals surface area contributed by atoms with Crippen molar-refractivity contribution < 1.29 is 4.79 Å². The quantitative estimate of drug-likeness (QED) is 0.793. The maximum atomic E-state index is 12.2. The van der Waals surface area contributed by atoms with E-state index in [0.29, 0.717) is 23.2 Å². The van der Waals surface area contributed by atoms with Gasteiger partial charge in [-0.05, 0) is 0 Å². The van der Waals surface area contributed by atoms with Gasteiger partial charge in [-0.1, -0.05) is 27.7 Å². The summed E-state index contributed by atoms with van der Waals surface area (Å²) in [5, 5.41) is 5.65. The van der Waals surface area contributed by atoms with Gasteiger partial charge in [0.15, 0.2) is 0 Å². The molecule has 0 atom stereocenters. The minimum atomic E-state index is -0.0682. The number of hydrogen-bond acceptors (Lipinski definition) is 5. The number of rotatable bonds is 4. The average Bonchev–Trinajstić information content (AvgIpc) is 2.97. The van der Waals surface area contributed by atoms with E-state index < -0.39 is 0 Å². The molecule has 0 N–H and O–H groups in total. The van der Waals surface area contributed by atoms with Crippen molar-refractivity contribution in [1.82, 2.24) is 9.97 Å². The van der Waals surface area contributed by atoms with Gasteiger partial charge in [-0.15, -0.1) is 22.7 Å². The van der Waals surface area contributed by atoms with Gasteiger partial charge in [0.2, 0.25) is 5.78 Å². The van der Waals surface area contributed by atoms with E-state index in [1.54, 1.807) is 0 Å². The van der Waals surface area contributed by atoms with Crippen molar-refractivity contribution in [2.75, 3.05) is 0 Å². The minimum absolute atomic E-state index is 0.0682. The zero-order valence-electron chi connectivity index (χ0n) is 10.9. The van der Waals surface area contributed by atoms with Gasteiger partial charge in [-0.3, -0.25) is 4.79 Å². The van der Waals surface area contributed by atoms with E-state index in [9.17, 15) is 4.79 Å². The van der Waals surface area contributed by atoms with Crippen LogP contribution >= 0.6 is 22.7 Å². The summed E-state index contributed by atoms with van der Waals surface area (Å²) in [6.07, 6.45) is 0. The molecule has 2 aromatic rings. The molecule has 5 heteroatoms. The monoisotopic (exact) mass is 280 g/mol. The van der Waals surface area contributed by atoms with Crippen LogP contribution in [-0.4, -0.2) is 15.8 Å². The topological polar surface area (TPSA) is 42.9 Å². The van der Waals surface area contributed by atoms with Gasteiger partial charge >= 0.3 is 0 Å². The van der Waals surface area contributed by atoms with Gasteiger partial charge in [-0.25, -0.2) is 9.97 Å². The lowest BCUT2D eigenvalue weighted by atomic mass is 10.2. The van der Waals surface area contributed by atoms with Crippen molar-refractivity contribution >= 4 is 28.5 Å². The Morgan fingerprint density at radius 3 is 1.61 bits per heavy atom. The number of aromatic nitrogens is 2. The first-order chi connectivity index (χ1) is 8.49. The summed E-state index contributed by atoms with van der Waals surface area (Å²) < 4.78 is 0. The zero-order valence-corrected chi connectivity index (χ0v) is 12.6. The molecule has 96 valence electrons. The van der Waals surface area contributed by atoms with Crippen molar-refractivity contribution in [3.8, 4) is 0 Å². The highest BCUT2D eigenvalue weighted by molar-refractivity contribution is 7.10. The smallest absolute Gasteiger partial charge is 0.231 e. The molecule has 0 bridgehead atoms. The molecule has 3 nitrogen and oxygen atoms in total. The summed E-state index contributed by atoms with van der Waals surface area (Å²) in [6, 6.07) is 0. The van der Waals surface area contributed by atoms with Gasteiger partial charge in [0.05, 0.1) is 10.0 Å². The Labute approximate surface area is 115 Å². The summed E-state index contributed by atoms with van der Waals surface area (Å²) in [6.45, 7) is 8.30. The molecule has 0 amide bonds. The third-order valence-electron chi connectivity index (χ3n) is 2.50. The van der Waals surface area contributed by atoms with Crippen LogP contribution in [0, 0.1) is 0 Å². The minimum Gasteiger partial charge on any atom is -0.285 e. The zero-order chi connectivity index (χ0) is 13.3. The number of ketones is 1. The fourth-order valence-electron chi connectivity index (χ4n) is 1.45. The number of nitrogens with zero attached hydrogens (tertiary/aromatic N) is 2. The number of carbonyl (C=O) groups is 1. The van der Waals surface area contributed by atoms with Crippen LogP contribution in [0.3, 0.4) is 0 Å². The molecular weight excluding hydrogens is 264 g/mol. The Balaban J connectivity index is 2.24. The largest absolute Gasteiger partial charge is 0.285 e. The van der Waals surface area contributed by atoms with Gasteiger partial charge < -0.3 is 0 Å². The average molecular weight is 280 g/mol. The van der Waals surface area contributed by atoms with Crippen molar-refractivity contribution in [2.45, 2.75) is 39.5 Å². The fraction of sp³-hybridized carbons (Fsp3) is 0.462. The highest BCUT2D eigenvalue weighted by Crippen LogP contribution is 2.23. The molecule has 2 rings (SSSR count).